The van der Waals surface area contributed by atoms with Crippen molar-refractivity contribution in [2.75, 3.05) is 27.3 Å². The van der Waals surface area contributed by atoms with Gasteiger partial charge in [-0.2, -0.15) is 4.31 Å². The number of nitrogens with zero attached hydrogens (tertiary/aromatic N) is 1. The van der Waals surface area contributed by atoms with Gasteiger partial charge in [-0.15, -0.1) is 0 Å². The SMILES string of the molecule is CCc1ccc(S(=O)(=O)N(CCC(=O)OC)CC(=O)OC)cc1. The smallest absolute Gasteiger partial charge is 0.321 e. The van der Waals surface area contributed by atoms with Gasteiger partial charge >= 0.3 is 11.9 Å². The highest BCUT2D eigenvalue weighted by molar-refractivity contribution is 7.89. The Labute approximate surface area is 136 Å². The van der Waals surface area contributed by atoms with Crippen molar-refractivity contribution in [2.45, 2.75) is 24.7 Å². The second-order valence-corrected chi connectivity index (χ2v) is 6.68. The fraction of sp³-hybridized carbons (Fsp3) is 0.467. The molecule has 0 saturated heterocycles. The Kier molecular flexibility index (Phi) is 7.18. The van der Waals surface area contributed by atoms with Crippen molar-refractivity contribution >= 4 is 22.0 Å². The number of aryl methyl sites for hydroxylation is 1. The Morgan fingerprint density at radius 1 is 1.04 bits per heavy atom. The van der Waals surface area contributed by atoms with E-state index in [1.165, 1.54) is 26.4 Å². The molecule has 0 fully saturated rings. The molecule has 0 heterocycles. The molecular weight excluding hydrogens is 322 g/mol. The quantitative estimate of drug-likeness (QED) is 0.654. The number of methoxy groups -OCH3 is 2. The first-order valence-corrected chi connectivity index (χ1v) is 8.51. The first kappa shape index (κ1) is 19.1. The van der Waals surface area contributed by atoms with Crippen LogP contribution in [-0.4, -0.2) is 52.0 Å². The van der Waals surface area contributed by atoms with Gasteiger partial charge in [0.05, 0.1) is 25.5 Å². The second-order valence-electron chi connectivity index (χ2n) is 4.74. The molecule has 1 aromatic carbocycles. The normalized spacial score (nSPS) is 11.3. The number of ether oxygens (including phenoxy) is 2. The van der Waals surface area contributed by atoms with E-state index in [1.807, 2.05) is 6.92 Å². The van der Waals surface area contributed by atoms with E-state index in [-0.39, 0.29) is 17.9 Å². The highest BCUT2D eigenvalue weighted by atomic mass is 32.2. The van der Waals surface area contributed by atoms with Crippen LogP contribution in [-0.2, 0) is 35.5 Å². The van der Waals surface area contributed by atoms with E-state index >= 15 is 0 Å². The molecule has 0 aliphatic carbocycles. The van der Waals surface area contributed by atoms with Gasteiger partial charge in [0.1, 0.15) is 6.54 Å². The highest BCUT2D eigenvalue weighted by Crippen LogP contribution is 2.17. The summed E-state index contributed by atoms with van der Waals surface area (Å²) in [5, 5.41) is 0. The van der Waals surface area contributed by atoms with Crippen LogP contribution in [0.15, 0.2) is 29.2 Å². The van der Waals surface area contributed by atoms with E-state index in [0.29, 0.717) is 0 Å². The van der Waals surface area contributed by atoms with Gasteiger partial charge in [-0.3, -0.25) is 9.59 Å². The molecule has 0 N–H and O–H groups in total. The molecule has 0 aliphatic heterocycles. The second kappa shape index (κ2) is 8.64. The van der Waals surface area contributed by atoms with Crippen LogP contribution in [0, 0.1) is 0 Å². The minimum atomic E-state index is -3.91. The number of carbonyl (C=O) groups is 2. The van der Waals surface area contributed by atoms with Crippen LogP contribution in [0.5, 0.6) is 0 Å². The number of benzene rings is 1. The van der Waals surface area contributed by atoms with E-state index in [0.717, 1.165) is 16.3 Å². The highest BCUT2D eigenvalue weighted by Gasteiger charge is 2.27. The van der Waals surface area contributed by atoms with Gasteiger partial charge in [-0.05, 0) is 24.1 Å². The van der Waals surface area contributed by atoms with E-state index in [2.05, 4.69) is 9.47 Å². The molecule has 0 aromatic heterocycles. The number of carbonyl (C=O) groups excluding carboxylic acids is 2. The van der Waals surface area contributed by atoms with Crippen LogP contribution in [0.2, 0.25) is 0 Å². The van der Waals surface area contributed by atoms with E-state index in [1.54, 1.807) is 12.1 Å². The summed E-state index contributed by atoms with van der Waals surface area (Å²) in [6.07, 6.45) is 0.633. The molecule has 1 aromatic rings. The summed E-state index contributed by atoms with van der Waals surface area (Å²) in [4.78, 5) is 22.8. The lowest BCUT2D eigenvalue weighted by Crippen LogP contribution is -2.37. The van der Waals surface area contributed by atoms with Crippen molar-refractivity contribution in [2.24, 2.45) is 0 Å². The third-order valence-corrected chi connectivity index (χ3v) is 5.15. The first-order chi connectivity index (χ1) is 10.8. The zero-order chi connectivity index (χ0) is 17.5. The summed E-state index contributed by atoms with van der Waals surface area (Å²) in [5.74, 6) is -1.26. The molecule has 0 unspecified atom stereocenters. The lowest BCUT2D eigenvalue weighted by Gasteiger charge is -2.20. The van der Waals surface area contributed by atoms with Gasteiger partial charge in [0.2, 0.25) is 10.0 Å². The summed E-state index contributed by atoms with van der Waals surface area (Å²) in [5.41, 5.74) is 0.998. The molecule has 0 amide bonds. The van der Waals surface area contributed by atoms with Crippen molar-refractivity contribution in [1.82, 2.24) is 4.31 Å². The molecule has 0 spiro atoms. The zero-order valence-electron chi connectivity index (χ0n) is 13.4. The van der Waals surface area contributed by atoms with E-state index < -0.39 is 28.5 Å². The Bertz CT molecular complexity index is 638. The minimum Gasteiger partial charge on any atom is -0.469 e. The van der Waals surface area contributed by atoms with Gasteiger partial charge in [0, 0.05) is 6.54 Å². The molecule has 8 heteroatoms. The van der Waals surface area contributed by atoms with Gasteiger partial charge < -0.3 is 9.47 Å². The standard InChI is InChI=1S/C15H21NO6S/c1-4-12-5-7-13(8-6-12)23(19,20)16(11-15(18)22-3)10-9-14(17)21-2/h5-8H,4,9-11H2,1-3H3. The van der Waals surface area contributed by atoms with Crippen LogP contribution < -0.4 is 0 Å². The van der Waals surface area contributed by atoms with Crippen molar-refractivity contribution in [3.63, 3.8) is 0 Å². The van der Waals surface area contributed by atoms with Crippen molar-refractivity contribution in [1.29, 1.82) is 0 Å². The Morgan fingerprint density at radius 2 is 1.61 bits per heavy atom. The fourth-order valence-corrected chi connectivity index (χ4v) is 3.24. The van der Waals surface area contributed by atoms with Gasteiger partial charge in [-0.25, -0.2) is 8.42 Å². The number of sulfonamides is 1. The molecule has 0 saturated carbocycles. The van der Waals surface area contributed by atoms with Crippen LogP contribution in [0.4, 0.5) is 0 Å². The maximum Gasteiger partial charge on any atom is 0.321 e. The molecule has 0 atom stereocenters. The first-order valence-electron chi connectivity index (χ1n) is 7.07. The van der Waals surface area contributed by atoms with Crippen molar-refractivity contribution in [3.8, 4) is 0 Å². The lowest BCUT2D eigenvalue weighted by atomic mass is 10.2. The maximum absolute atomic E-state index is 12.7. The number of esters is 2. The molecule has 23 heavy (non-hydrogen) atoms. The summed E-state index contributed by atoms with van der Waals surface area (Å²) in [6.45, 7) is 1.33. The lowest BCUT2D eigenvalue weighted by molar-refractivity contribution is -0.143. The zero-order valence-corrected chi connectivity index (χ0v) is 14.3. The van der Waals surface area contributed by atoms with E-state index in [4.69, 9.17) is 0 Å². The van der Waals surface area contributed by atoms with Crippen LogP contribution in [0.1, 0.15) is 18.9 Å². The minimum absolute atomic E-state index is 0.0588. The number of rotatable bonds is 8. The number of hydrogen-bond donors (Lipinski definition) is 0. The topological polar surface area (TPSA) is 90.0 Å². The molecule has 7 nitrogen and oxygen atoms in total. The predicted octanol–water partition coefficient (Wildman–Crippen LogP) is 0.976. The van der Waals surface area contributed by atoms with Gasteiger partial charge in [0.25, 0.3) is 0 Å². The number of hydrogen-bond acceptors (Lipinski definition) is 6. The Balaban J connectivity index is 3.04. The van der Waals surface area contributed by atoms with Gasteiger partial charge in [-0.1, -0.05) is 19.1 Å². The van der Waals surface area contributed by atoms with Crippen molar-refractivity contribution < 1.29 is 27.5 Å². The average molecular weight is 343 g/mol. The average Bonchev–Trinajstić information content (AvgIpc) is 2.57. The van der Waals surface area contributed by atoms with Gasteiger partial charge in [0.15, 0.2) is 0 Å². The van der Waals surface area contributed by atoms with Crippen LogP contribution in [0.25, 0.3) is 0 Å². The monoisotopic (exact) mass is 343 g/mol. The molecule has 1 rings (SSSR count). The predicted molar refractivity (Wildman–Crippen MR) is 83.2 cm³/mol. The Hall–Kier alpha value is -1.93. The van der Waals surface area contributed by atoms with Crippen LogP contribution >= 0.6 is 0 Å². The summed E-state index contributed by atoms with van der Waals surface area (Å²) < 4.78 is 35.2. The van der Waals surface area contributed by atoms with Crippen LogP contribution in [0.3, 0.4) is 0 Å². The third-order valence-electron chi connectivity index (χ3n) is 3.30. The fourth-order valence-electron chi connectivity index (χ4n) is 1.86. The molecule has 0 radical (unpaired) electrons. The van der Waals surface area contributed by atoms with Crippen molar-refractivity contribution in [3.05, 3.63) is 29.8 Å². The Morgan fingerprint density at radius 3 is 2.09 bits per heavy atom. The molecule has 128 valence electrons. The summed E-state index contributed by atoms with van der Waals surface area (Å²) in [7, 11) is -1.53. The maximum atomic E-state index is 12.7. The third kappa shape index (κ3) is 5.33. The molecular formula is C15H21NO6S. The molecule has 0 bridgehead atoms. The largest absolute Gasteiger partial charge is 0.469 e. The molecule has 0 aliphatic rings. The van der Waals surface area contributed by atoms with E-state index in [9.17, 15) is 18.0 Å². The summed E-state index contributed by atoms with van der Waals surface area (Å²) in [6, 6.07) is 6.39. The summed E-state index contributed by atoms with van der Waals surface area (Å²) >= 11 is 0.